The van der Waals surface area contributed by atoms with Crippen LogP contribution in [0.25, 0.3) is 6.08 Å². The highest BCUT2D eigenvalue weighted by Gasteiger charge is 2.35. The Morgan fingerprint density at radius 3 is 2.37 bits per heavy atom. The molecule has 2 aromatic carbocycles. The number of ether oxygens (including phenoxy) is 2. The zero-order chi connectivity index (χ0) is 22.5. The van der Waals surface area contributed by atoms with E-state index in [2.05, 4.69) is 0 Å². The number of hydrogen-bond acceptors (Lipinski definition) is 6. The zero-order valence-electron chi connectivity index (χ0n) is 15.6. The maximum absolute atomic E-state index is 13.2. The first kappa shape index (κ1) is 22.2. The van der Waals surface area contributed by atoms with E-state index in [1.54, 1.807) is 6.07 Å². The topological polar surface area (TPSA) is 114 Å². The second-order valence-corrected chi connectivity index (χ2v) is 5.72. The minimum atomic E-state index is -4.96. The van der Waals surface area contributed by atoms with Gasteiger partial charge in [0.05, 0.1) is 30.4 Å². The van der Waals surface area contributed by atoms with Crippen LogP contribution in [0.5, 0.6) is 11.5 Å². The van der Waals surface area contributed by atoms with Crippen LogP contribution in [0.3, 0.4) is 0 Å². The third kappa shape index (κ3) is 5.05. The maximum atomic E-state index is 13.2. The average Bonchev–Trinajstić information content (AvgIpc) is 2.70. The Morgan fingerprint density at radius 2 is 1.83 bits per heavy atom. The lowest BCUT2D eigenvalue weighted by Crippen LogP contribution is -2.18. The number of carbonyl (C=O) groups excluding carboxylic acids is 1. The van der Waals surface area contributed by atoms with Crippen molar-refractivity contribution >= 4 is 23.4 Å². The van der Waals surface area contributed by atoms with Crippen LogP contribution in [-0.2, 0) is 11.0 Å². The molecule has 1 N–H and O–H groups in total. The summed E-state index contributed by atoms with van der Waals surface area (Å²) in [5.74, 6) is -0.399. The number of halogens is 3. The maximum Gasteiger partial charge on any atom is 0.418 e. The van der Waals surface area contributed by atoms with Gasteiger partial charge in [-0.05, 0) is 29.8 Å². The third-order valence-electron chi connectivity index (χ3n) is 3.85. The molecule has 1 amide bonds. The lowest BCUT2D eigenvalue weighted by Gasteiger charge is -2.13. The number of benzene rings is 2. The Bertz CT molecular complexity index is 1060. The number of alkyl halides is 3. The number of rotatable bonds is 6. The van der Waals surface area contributed by atoms with Gasteiger partial charge in [0.1, 0.15) is 11.6 Å². The summed E-state index contributed by atoms with van der Waals surface area (Å²) in [6.07, 6.45) is -3.82. The third-order valence-corrected chi connectivity index (χ3v) is 3.85. The second kappa shape index (κ2) is 8.95. The fraction of sp³-hybridized carbons (Fsp3) is 0.158. The molecule has 0 aromatic heterocycles. The predicted molar refractivity (Wildman–Crippen MR) is 99.9 cm³/mol. The summed E-state index contributed by atoms with van der Waals surface area (Å²) in [6.45, 7) is 0. The van der Waals surface area contributed by atoms with Crippen molar-refractivity contribution < 1.29 is 32.4 Å². The number of nitro groups is 1. The van der Waals surface area contributed by atoms with Crippen LogP contribution in [-0.4, -0.2) is 25.1 Å². The number of nitrogens with zero attached hydrogens (tertiary/aromatic N) is 2. The molecule has 0 saturated carbocycles. The Morgan fingerprint density at radius 1 is 1.17 bits per heavy atom. The number of nitrogens with one attached hydrogen (secondary N) is 1. The summed E-state index contributed by atoms with van der Waals surface area (Å²) in [4.78, 5) is 22.1. The van der Waals surface area contributed by atoms with E-state index in [9.17, 15) is 33.3 Å². The summed E-state index contributed by atoms with van der Waals surface area (Å²) in [7, 11) is 2.81. The number of hydrogen-bond donors (Lipinski definition) is 1. The number of amides is 1. The first-order chi connectivity index (χ1) is 14.1. The van der Waals surface area contributed by atoms with Gasteiger partial charge in [-0.15, -0.1) is 0 Å². The zero-order valence-corrected chi connectivity index (χ0v) is 15.6. The molecule has 0 atom stereocenters. The summed E-state index contributed by atoms with van der Waals surface area (Å²) >= 11 is 0. The predicted octanol–water partition coefficient (Wildman–Crippen LogP) is 4.18. The highest BCUT2D eigenvalue weighted by molar-refractivity contribution is 6.10. The first-order valence-electron chi connectivity index (χ1n) is 8.11. The monoisotopic (exact) mass is 421 g/mol. The van der Waals surface area contributed by atoms with Crippen molar-refractivity contribution in [2.45, 2.75) is 6.18 Å². The fourth-order valence-corrected chi connectivity index (χ4v) is 2.44. The van der Waals surface area contributed by atoms with Crippen molar-refractivity contribution in [3.05, 3.63) is 63.2 Å². The van der Waals surface area contributed by atoms with Crippen molar-refractivity contribution in [2.75, 3.05) is 19.5 Å². The quantitative estimate of drug-likeness (QED) is 0.324. The molecule has 30 heavy (non-hydrogen) atoms. The van der Waals surface area contributed by atoms with Gasteiger partial charge in [-0.25, -0.2) is 0 Å². The molecule has 0 fully saturated rings. The standard InChI is InChI=1S/C19H14F3N3O5/c1-29-16-6-3-11(8-17(16)30-2)7-12(10-23)18(26)24-15-5-4-13(25(27)28)9-14(15)19(20,21)22/h3-9H,1-2H3,(H,24,26)/b12-7+. The molecule has 156 valence electrons. The van der Waals surface area contributed by atoms with Gasteiger partial charge in [-0.3, -0.25) is 14.9 Å². The van der Waals surface area contributed by atoms with Crippen molar-refractivity contribution in [3.8, 4) is 17.6 Å². The number of nitriles is 1. The van der Waals surface area contributed by atoms with Gasteiger partial charge in [-0.1, -0.05) is 6.07 Å². The molecular formula is C19H14F3N3O5. The normalized spacial score (nSPS) is 11.4. The van der Waals surface area contributed by atoms with Crippen LogP contribution >= 0.6 is 0 Å². The van der Waals surface area contributed by atoms with E-state index >= 15 is 0 Å². The lowest BCUT2D eigenvalue weighted by atomic mass is 10.1. The van der Waals surface area contributed by atoms with E-state index in [0.717, 1.165) is 18.2 Å². The molecule has 0 radical (unpaired) electrons. The summed E-state index contributed by atoms with van der Waals surface area (Å²) < 4.78 is 49.9. The molecule has 2 aromatic rings. The van der Waals surface area contributed by atoms with Gasteiger partial charge in [0.15, 0.2) is 11.5 Å². The Labute approximate surface area is 168 Å². The molecule has 0 aliphatic carbocycles. The number of non-ortho nitro benzene ring substituents is 1. The van der Waals surface area contributed by atoms with Crippen LogP contribution in [0.15, 0.2) is 42.0 Å². The number of anilines is 1. The molecule has 0 aliphatic heterocycles. The first-order valence-corrected chi connectivity index (χ1v) is 8.11. The molecule has 2 rings (SSSR count). The van der Waals surface area contributed by atoms with Crippen LogP contribution < -0.4 is 14.8 Å². The minimum absolute atomic E-state index is 0.305. The smallest absolute Gasteiger partial charge is 0.418 e. The molecule has 0 unspecified atom stereocenters. The summed E-state index contributed by atoms with van der Waals surface area (Å²) in [5, 5.41) is 22.0. The molecule has 11 heteroatoms. The van der Waals surface area contributed by atoms with Crippen LogP contribution in [0.4, 0.5) is 24.5 Å². The van der Waals surface area contributed by atoms with Gasteiger partial charge in [-0.2, -0.15) is 18.4 Å². The highest BCUT2D eigenvalue weighted by Crippen LogP contribution is 2.37. The van der Waals surface area contributed by atoms with Gasteiger partial charge < -0.3 is 14.8 Å². The van der Waals surface area contributed by atoms with E-state index in [1.807, 2.05) is 5.32 Å². The molecule has 0 saturated heterocycles. The SMILES string of the molecule is COc1ccc(/C=C(\C#N)C(=O)Nc2ccc([N+](=O)[O-])cc2C(F)(F)F)cc1OC. The van der Waals surface area contributed by atoms with Crippen molar-refractivity contribution in [2.24, 2.45) is 0 Å². The van der Waals surface area contributed by atoms with Gasteiger partial charge in [0.2, 0.25) is 0 Å². The fourth-order valence-electron chi connectivity index (χ4n) is 2.44. The Hall–Kier alpha value is -4.07. The van der Waals surface area contributed by atoms with Crippen LogP contribution in [0.1, 0.15) is 11.1 Å². The molecule has 0 bridgehead atoms. The summed E-state index contributed by atoms with van der Waals surface area (Å²) in [5.41, 5.74) is -3.05. The number of carbonyl (C=O) groups is 1. The summed E-state index contributed by atoms with van der Waals surface area (Å²) in [6, 6.07) is 7.99. The number of methoxy groups -OCH3 is 2. The van der Waals surface area contributed by atoms with E-state index in [4.69, 9.17) is 9.47 Å². The largest absolute Gasteiger partial charge is 0.493 e. The van der Waals surface area contributed by atoms with E-state index in [-0.39, 0.29) is 0 Å². The van der Waals surface area contributed by atoms with Crippen LogP contribution in [0, 0.1) is 21.4 Å². The van der Waals surface area contributed by atoms with E-state index < -0.39 is 39.5 Å². The van der Waals surface area contributed by atoms with Gasteiger partial charge in [0.25, 0.3) is 11.6 Å². The Kier molecular flexibility index (Phi) is 6.63. The molecule has 0 aliphatic rings. The van der Waals surface area contributed by atoms with E-state index in [1.165, 1.54) is 32.4 Å². The van der Waals surface area contributed by atoms with Crippen molar-refractivity contribution in [1.29, 1.82) is 5.26 Å². The van der Waals surface area contributed by atoms with Crippen LogP contribution in [0.2, 0.25) is 0 Å². The van der Waals surface area contributed by atoms with Gasteiger partial charge in [0, 0.05) is 12.1 Å². The molecular weight excluding hydrogens is 407 g/mol. The van der Waals surface area contributed by atoms with Gasteiger partial charge >= 0.3 is 6.18 Å². The number of nitro benzene ring substituents is 1. The van der Waals surface area contributed by atoms with Crippen molar-refractivity contribution in [3.63, 3.8) is 0 Å². The van der Waals surface area contributed by atoms with E-state index in [0.29, 0.717) is 23.1 Å². The Balaban J connectivity index is 2.39. The molecule has 8 nitrogen and oxygen atoms in total. The average molecular weight is 421 g/mol. The second-order valence-electron chi connectivity index (χ2n) is 5.72. The lowest BCUT2D eigenvalue weighted by molar-refractivity contribution is -0.385. The highest BCUT2D eigenvalue weighted by atomic mass is 19.4. The minimum Gasteiger partial charge on any atom is -0.493 e. The molecule has 0 spiro atoms. The van der Waals surface area contributed by atoms with Crippen molar-refractivity contribution in [1.82, 2.24) is 0 Å². The molecule has 0 heterocycles.